The zero-order valence-electron chi connectivity index (χ0n) is 8.58. The molecule has 0 fully saturated rings. The molecule has 0 atom stereocenters. The third-order valence-electron chi connectivity index (χ3n) is 1.44. The molecule has 0 amide bonds. The van der Waals surface area contributed by atoms with Crippen molar-refractivity contribution >= 4 is 0 Å². The summed E-state index contributed by atoms with van der Waals surface area (Å²) in [5, 5.41) is 8.76. The van der Waals surface area contributed by atoms with E-state index in [0.29, 0.717) is 5.75 Å². The van der Waals surface area contributed by atoms with Gasteiger partial charge in [-0.15, -0.1) is 0 Å². The van der Waals surface area contributed by atoms with E-state index in [1.165, 1.54) is 5.56 Å². The molecule has 0 unspecified atom stereocenters. The van der Waals surface area contributed by atoms with Gasteiger partial charge in [0, 0.05) is 13.2 Å². The molecule has 0 aliphatic heterocycles. The summed E-state index contributed by atoms with van der Waals surface area (Å²) in [6, 6.07) is 7.09. The second-order valence-electron chi connectivity index (χ2n) is 2.62. The second-order valence-corrected chi connectivity index (χ2v) is 2.62. The highest BCUT2D eigenvalue weighted by Gasteiger charge is 1.82. The summed E-state index contributed by atoms with van der Waals surface area (Å²) in [5.41, 5.74) is 1.17. The summed E-state index contributed by atoms with van der Waals surface area (Å²) in [4.78, 5) is 0. The zero-order valence-corrected chi connectivity index (χ0v) is 8.58. The fourth-order valence-corrected chi connectivity index (χ4v) is 0.749. The first-order valence-corrected chi connectivity index (χ1v) is 4.54. The van der Waals surface area contributed by atoms with Crippen LogP contribution in [0.1, 0.15) is 19.4 Å². The first-order chi connectivity index (χ1) is 6.20. The third-order valence-corrected chi connectivity index (χ3v) is 1.44. The average Bonchev–Trinajstić information content (AvgIpc) is 2.13. The fraction of sp³-hybridized carbons (Fsp3) is 0.455. The SMILES string of the molecule is CCOCC.Cc1ccc(O)cc1. The van der Waals surface area contributed by atoms with E-state index < -0.39 is 0 Å². The van der Waals surface area contributed by atoms with E-state index in [2.05, 4.69) is 0 Å². The van der Waals surface area contributed by atoms with Gasteiger partial charge >= 0.3 is 0 Å². The van der Waals surface area contributed by atoms with Crippen LogP contribution in [0.15, 0.2) is 24.3 Å². The topological polar surface area (TPSA) is 29.5 Å². The molecule has 0 aliphatic carbocycles. The largest absolute Gasteiger partial charge is 0.508 e. The minimum Gasteiger partial charge on any atom is -0.508 e. The number of benzene rings is 1. The number of aryl methyl sites for hydroxylation is 1. The number of rotatable bonds is 2. The Morgan fingerprint density at radius 3 is 1.77 bits per heavy atom. The second kappa shape index (κ2) is 7.62. The maximum atomic E-state index is 8.76. The van der Waals surface area contributed by atoms with Crippen molar-refractivity contribution in [2.24, 2.45) is 0 Å². The first-order valence-electron chi connectivity index (χ1n) is 4.54. The van der Waals surface area contributed by atoms with Crippen molar-refractivity contribution in [2.45, 2.75) is 20.8 Å². The van der Waals surface area contributed by atoms with Gasteiger partial charge < -0.3 is 9.84 Å². The van der Waals surface area contributed by atoms with E-state index in [0.717, 1.165) is 13.2 Å². The zero-order chi connectivity index (χ0) is 10.1. The molecule has 0 saturated heterocycles. The number of aromatic hydroxyl groups is 1. The minimum atomic E-state index is 0.329. The minimum absolute atomic E-state index is 0.329. The summed E-state index contributed by atoms with van der Waals surface area (Å²) >= 11 is 0. The molecule has 2 nitrogen and oxygen atoms in total. The third kappa shape index (κ3) is 7.34. The van der Waals surface area contributed by atoms with Crippen LogP contribution in [-0.2, 0) is 4.74 Å². The highest BCUT2D eigenvalue weighted by atomic mass is 16.5. The van der Waals surface area contributed by atoms with E-state index in [-0.39, 0.29) is 0 Å². The Bertz CT molecular complexity index is 181. The lowest BCUT2D eigenvalue weighted by molar-refractivity contribution is 0.162. The number of ether oxygens (including phenoxy) is 1. The van der Waals surface area contributed by atoms with Crippen LogP contribution in [-0.4, -0.2) is 18.3 Å². The Hall–Kier alpha value is -1.02. The van der Waals surface area contributed by atoms with Gasteiger partial charge in [-0.2, -0.15) is 0 Å². The molecule has 0 aromatic heterocycles. The number of hydrogen-bond acceptors (Lipinski definition) is 2. The summed E-state index contributed by atoms with van der Waals surface area (Å²) < 4.78 is 4.83. The van der Waals surface area contributed by atoms with Crippen molar-refractivity contribution in [3.8, 4) is 5.75 Å². The predicted molar refractivity (Wildman–Crippen MR) is 55.0 cm³/mol. The Morgan fingerprint density at radius 1 is 1.08 bits per heavy atom. The molecule has 0 saturated carbocycles. The smallest absolute Gasteiger partial charge is 0.115 e. The molecule has 13 heavy (non-hydrogen) atoms. The van der Waals surface area contributed by atoms with Crippen molar-refractivity contribution in [1.82, 2.24) is 0 Å². The van der Waals surface area contributed by atoms with Crippen molar-refractivity contribution in [3.63, 3.8) is 0 Å². The highest BCUT2D eigenvalue weighted by Crippen LogP contribution is 2.07. The molecule has 1 aromatic carbocycles. The lowest BCUT2D eigenvalue weighted by Crippen LogP contribution is -1.84. The number of hydrogen-bond donors (Lipinski definition) is 1. The standard InChI is InChI=1S/C7H8O.C4H10O/c1-6-2-4-7(8)5-3-6;1-3-5-4-2/h2-5,8H,1H3;3-4H2,1-2H3. The molecule has 1 N–H and O–H groups in total. The monoisotopic (exact) mass is 182 g/mol. The Labute approximate surface area is 80.2 Å². The Balaban J connectivity index is 0.000000252. The van der Waals surface area contributed by atoms with E-state index in [4.69, 9.17) is 9.84 Å². The van der Waals surface area contributed by atoms with Crippen LogP contribution in [0.3, 0.4) is 0 Å². The van der Waals surface area contributed by atoms with Crippen LogP contribution in [0.4, 0.5) is 0 Å². The maximum Gasteiger partial charge on any atom is 0.115 e. The summed E-state index contributed by atoms with van der Waals surface area (Å²) in [5.74, 6) is 0.329. The van der Waals surface area contributed by atoms with Gasteiger partial charge in [-0.25, -0.2) is 0 Å². The van der Waals surface area contributed by atoms with Gasteiger partial charge in [-0.05, 0) is 32.9 Å². The van der Waals surface area contributed by atoms with Crippen LogP contribution in [0.2, 0.25) is 0 Å². The molecule has 0 radical (unpaired) electrons. The van der Waals surface area contributed by atoms with Gasteiger partial charge in [0.15, 0.2) is 0 Å². The van der Waals surface area contributed by atoms with Crippen LogP contribution in [0.25, 0.3) is 0 Å². The van der Waals surface area contributed by atoms with E-state index >= 15 is 0 Å². The van der Waals surface area contributed by atoms with Crippen molar-refractivity contribution in [1.29, 1.82) is 0 Å². The predicted octanol–water partition coefficient (Wildman–Crippen LogP) is 2.74. The van der Waals surface area contributed by atoms with Crippen LogP contribution >= 0.6 is 0 Å². The van der Waals surface area contributed by atoms with Gasteiger partial charge in [0.2, 0.25) is 0 Å². The molecular weight excluding hydrogens is 164 g/mol. The normalized spacial score (nSPS) is 8.85. The summed E-state index contributed by atoms with van der Waals surface area (Å²) in [6.45, 7) is 7.65. The average molecular weight is 182 g/mol. The number of phenolic OH excluding ortho intramolecular Hbond substituents is 1. The maximum absolute atomic E-state index is 8.76. The van der Waals surface area contributed by atoms with Gasteiger partial charge in [0.05, 0.1) is 0 Å². The summed E-state index contributed by atoms with van der Waals surface area (Å²) in [6.07, 6.45) is 0. The molecule has 2 heteroatoms. The molecule has 1 aromatic rings. The molecule has 1 rings (SSSR count). The van der Waals surface area contributed by atoms with Crippen LogP contribution in [0, 0.1) is 6.92 Å². The van der Waals surface area contributed by atoms with Gasteiger partial charge in [-0.1, -0.05) is 17.7 Å². The number of phenols is 1. The van der Waals surface area contributed by atoms with Crippen molar-refractivity contribution in [2.75, 3.05) is 13.2 Å². The molecule has 0 bridgehead atoms. The fourth-order valence-electron chi connectivity index (χ4n) is 0.749. The lowest BCUT2D eigenvalue weighted by atomic mass is 10.2. The molecule has 0 aliphatic rings. The van der Waals surface area contributed by atoms with Gasteiger partial charge in [-0.3, -0.25) is 0 Å². The Kier molecular flexibility index (Phi) is 7.02. The molecular formula is C11H18O2. The van der Waals surface area contributed by atoms with Crippen LogP contribution < -0.4 is 0 Å². The van der Waals surface area contributed by atoms with Gasteiger partial charge in [0.25, 0.3) is 0 Å². The van der Waals surface area contributed by atoms with Crippen LogP contribution in [0.5, 0.6) is 5.75 Å². The first kappa shape index (κ1) is 12.0. The Morgan fingerprint density at radius 2 is 1.54 bits per heavy atom. The lowest BCUT2D eigenvalue weighted by Gasteiger charge is -1.89. The molecule has 0 heterocycles. The van der Waals surface area contributed by atoms with E-state index in [9.17, 15) is 0 Å². The summed E-state index contributed by atoms with van der Waals surface area (Å²) in [7, 11) is 0. The van der Waals surface area contributed by atoms with Gasteiger partial charge in [0.1, 0.15) is 5.75 Å². The highest BCUT2D eigenvalue weighted by molar-refractivity contribution is 5.24. The van der Waals surface area contributed by atoms with Crippen molar-refractivity contribution in [3.05, 3.63) is 29.8 Å². The molecule has 0 spiro atoms. The van der Waals surface area contributed by atoms with E-state index in [1.54, 1.807) is 12.1 Å². The quantitative estimate of drug-likeness (QED) is 0.762. The van der Waals surface area contributed by atoms with E-state index in [1.807, 2.05) is 32.9 Å². The molecule has 74 valence electrons. The van der Waals surface area contributed by atoms with Crippen molar-refractivity contribution < 1.29 is 9.84 Å².